The fraction of sp³-hybridized carbons (Fsp3) is 0.320. The summed E-state index contributed by atoms with van der Waals surface area (Å²) in [6.45, 7) is 8.57. The quantitative estimate of drug-likeness (QED) is 0.439. The summed E-state index contributed by atoms with van der Waals surface area (Å²) in [5.41, 5.74) is 3.05. The number of methoxy groups -OCH3 is 1. The molecule has 1 aromatic heterocycles. The van der Waals surface area contributed by atoms with Gasteiger partial charge in [0.2, 0.25) is 5.91 Å². The van der Waals surface area contributed by atoms with E-state index in [0.717, 1.165) is 17.5 Å². The summed E-state index contributed by atoms with van der Waals surface area (Å²) < 4.78 is 16.5. The molecule has 0 unspecified atom stereocenters. The molecule has 2 aromatic carbocycles. The lowest BCUT2D eigenvalue weighted by atomic mass is 10.1. The van der Waals surface area contributed by atoms with E-state index in [2.05, 4.69) is 15.5 Å². The maximum absolute atomic E-state index is 12.7. The van der Waals surface area contributed by atoms with Crippen LogP contribution in [0, 0.1) is 6.92 Å². The molecule has 0 aliphatic heterocycles. The highest BCUT2D eigenvalue weighted by atomic mass is 16.5. The zero-order valence-corrected chi connectivity index (χ0v) is 19.1. The Bertz CT molecular complexity index is 1100. The van der Waals surface area contributed by atoms with E-state index in [9.17, 15) is 4.79 Å². The number of carbonyl (C=O) groups excluding carboxylic acids is 1. The molecule has 1 N–H and O–H groups in total. The van der Waals surface area contributed by atoms with E-state index < -0.39 is 0 Å². The highest BCUT2D eigenvalue weighted by molar-refractivity contribution is 6.04. The third-order valence-electron chi connectivity index (χ3n) is 4.79. The molecular formula is C25H29N3O4. The lowest BCUT2D eigenvalue weighted by Gasteiger charge is -2.11. The Morgan fingerprint density at radius 3 is 2.72 bits per heavy atom. The predicted molar refractivity (Wildman–Crippen MR) is 125 cm³/mol. The molecule has 0 aliphatic carbocycles. The van der Waals surface area contributed by atoms with Crippen LogP contribution < -0.4 is 14.8 Å². The first kappa shape index (κ1) is 23.1. The molecule has 1 heterocycles. The van der Waals surface area contributed by atoms with Gasteiger partial charge >= 0.3 is 0 Å². The van der Waals surface area contributed by atoms with Crippen LogP contribution in [0.2, 0.25) is 0 Å². The molecule has 3 rings (SSSR count). The van der Waals surface area contributed by atoms with Gasteiger partial charge in [0, 0.05) is 12.0 Å². The van der Waals surface area contributed by atoms with E-state index in [-0.39, 0.29) is 11.8 Å². The summed E-state index contributed by atoms with van der Waals surface area (Å²) in [6, 6.07) is 11.2. The molecule has 0 atom stereocenters. The summed E-state index contributed by atoms with van der Waals surface area (Å²) in [6.07, 6.45) is 4.11. The Morgan fingerprint density at radius 1 is 1.22 bits per heavy atom. The number of nitrogens with one attached hydrogen (secondary N) is 1. The van der Waals surface area contributed by atoms with E-state index in [1.807, 2.05) is 64.1 Å². The standard InChI is InChI=1S/C25H29N3O4/c1-6-14-31-20-12-10-18(15-21(20)30-5)11-13-22(29)26-23-17(4)8-7-9-19(23)25-27-24(16(2)3)28-32-25/h7-13,15-16H,6,14H2,1-5H3,(H,26,29)/b13-11+. The molecule has 0 aliphatic rings. The molecule has 0 saturated heterocycles. The van der Waals surface area contributed by atoms with Gasteiger partial charge in [-0.2, -0.15) is 4.98 Å². The van der Waals surface area contributed by atoms with Gasteiger partial charge in [-0.15, -0.1) is 0 Å². The van der Waals surface area contributed by atoms with Gasteiger partial charge in [0.25, 0.3) is 5.89 Å². The lowest BCUT2D eigenvalue weighted by Crippen LogP contribution is -2.10. The maximum atomic E-state index is 12.7. The third kappa shape index (κ3) is 5.55. The number of hydrogen-bond acceptors (Lipinski definition) is 6. The molecule has 0 bridgehead atoms. The van der Waals surface area contributed by atoms with Gasteiger partial charge < -0.3 is 19.3 Å². The van der Waals surface area contributed by atoms with Crippen LogP contribution in [0.25, 0.3) is 17.5 Å². The molecule has 7 heteroatoms. The number of hydrogen-bond donors (Lipinski definition) is 1. The average molecular weight is 436 g/mol. The number of ether oxygens (including phenoxy) is 2. The van der Waals surface area contributed by atoms with E-state index in [4.69, 9.17) is 14.0 Å². The van der Waals surface area contributed by atoms with Gasteiger partial charge in [0.1, 0.15) is 0 Å². The van der Waals surface area contributed by atoms with Gasteiger partial charge in [-0.1, -0.05) is 44.1 Å². The molecule has 0 radical (unpaired) electrons. The van der Waals surface area contributed by atoms with E-state index >= 15 is 0 Å². The summed E-state index contributed by atoms with van der Waals surface area (Å²) in [5.74, 6) is 2.19. The number of nitrogens with zero attached hydrogens (tertiary/aromatic N) is 2. The predicted octanol–water partition coefficient (Wildman–Crippen LogP) is 5.62. The topological polar surface area (TPSA) is 86.5 Å². The number of anilines is 1. The molecule has 7 nitrogen and oxygen atoms in total. The number of para-hydroxylation sites is 1. The van der Waals surface area contributed by atoms with Crippen LogP contribution in [0.4, 0.5) is 5.69 Å². The van der Waals surface area contributed by atoms with Crippen molar-refractivity contribution < 1.29 is 18.8 Å². The number of aromatic nitrogens is 2. The van der Waals surface area contributed by atoms with Crippen LogP contribution in [0.1, 0.15) is 50.1 Å². The zero-order valence-electron chi connectivity index (χ0n) is 19.1. The van der Waals surface area contributed by atoms with Crippen LogP contribution in [0.5, 0.6) is 11.5 Å². The van der Waals surface area contributed by atoms with Crippen LogP contribution in [-0.2, 0) is 4.79 Å². The van der Waals surface area contributed by atoms with Crippen LogP contribution in [0.3, 0.4) is 0 Å². The SMILES string of the molecule is CCCOc1ccc(/C=C/C(=O)Nc2c(C)cccc2-c2nc(C(C)C)no2)cc1OC. The second kappa shape index (κ2) is 10.6. The summed E-state index contributed by atoms with van der Waals surface area (Å²) in [4.78, 5) is 17.1. The number of aryl methyl sites for hydroxylation is 1. The van der Waals surface area contributed by atoms with Crippen LogP contribution in [-0.4, -0.2) is 29.8 Å². The average Bonchev–Trinajstić information content (AvgIpc) is 3.28. The molecule has 1 amide bonds. The molecular weight excluding hydrogens is 406 g/mol. The molecule has 0 spiro atoms. The van der Waals surface area contributed by atoms with E-state index in [1.165, 1.54) is 6.08 Å². The number of carbonyl (C=O) groups is 1. The van der Waals surface area contributed by atoms with Gasteiger partial charge in [-0.25, -0.2) is 0 Å². The molecule has 0 fully saturated rings. The summed E-state index contributed by atoms with van der Waals surface area (Å²) >= 11 is 0. The number of benzene rings is 2. The smallest absolute Gasteiger partial charge is 0.260 e. The fourth-order valence-corrected chi connectivity index (χ4v) is 3.05. The first-order chi connectivity index (χ1) is 15.4. The van der Waals surface area contributed by atoms with Crippen molar-refractivity contribution in [1.82, 2.24) is 10.1 Å². The summed E-state index contributed by atoms with van der Waals surface area (Å²) in [7, 11) is 1.59. The van der Waals surface area contributed by atoms with Gasteiger partial charge in [0.15, 0.2) is 17.3 Å². The van der Waals surface area contributed by atoms with Crippen molar-refractivity contribution in [1.29, 1.82) is 0 Å². The second-order valence-electron chi connectivity index (χ2n) is 7.69. The minimum atomic E-state index is -0.269. The molecule has 0 saturated carbocycles. The normalized spacial score (nSPS) is 11.2. The Morgan fingerprint density at radius 2 is 2.03 bits per heavy atom. The largest absolute Gasteiger partial charge is 0.493 e. The maximum Gasteiger partial charge on any atom is 0.260 e. The van der Waals surface area contributed by atoms with Crippen LogP contribution in [0.15, 0.2) is 47.0 Å². The molecule has 3 aromatic rings. The molecule has 32 heavy (non-hydrogen) atoms. The Kier molecular flexibility index (Phi) is 7.65. The third-order valence-corrected chi connectivity index (χ3v) is 4.79. The van der Waals surface area contributed by atoms with Gasteiger partial charge in [0.05, 0.1) is 25.0 Å². The number of amides is 1. The minimum Gasteiger partial charge on any atom is -0.493 e. The second-order valence-corrected chi connectivity index (χ2v) is 7.69. The van der Waals surface area contributed by atoms with Crippen molar-refractivity contribution in [3.63, 3.8) is 0 Å². The van der Waals surface area contributed by atoms with E-state index in [0.29, 0.717) is 41.1 Å². The minimum absolute atomic E-state index is 0.147. The zero-order chi connectivity index (χ0) is 23.1. The highest BCUT2D eigenvalue weighted by Gasteiger charge is 2.17. The fourth-order valence-electron chi connectivity index (χ4n) is 3.05. The monoisotopic (exact) mass is 435 g/mol. The van der Waals surface area contributed by atoms with Crippen molar-refractivity contribution in [2.24, 2.45) is 0 Å². The Labute approximate surface area is 188 Å². The van der Waals surface area contributed by atoms with Gasteiger partial charge in [-0.05, 0) is 48.7 Å². The van der Waals surface area contributed by atoms with Crippen molar-refractivity contribution in [2.45, 2.75) is 40.0 Å². The Balaban J connectivity index is 1.78. The van der Waals surface area contributed by atoms with Crippen molar-refractivity contribution >= 4 is 17.7 Å². The first-order valence-electron chi connectivity index (χ1n) is 10.7. The van der Waals surface area contributed by atoms with E-state index in [1.54, 1.807) is 13.2 Å². The van der Waals surface area contributed by atoms with Crippen molar-refractivity contribution in [2.75, 3.05) is 19.0 Å². The van der Waals surface area contributed by atoms with Crippen LogP contribution >= 0.6 is 0 Å². The Hall–Kier alpha value is -3.61. The molecule has 168 valence electrons. The number of rotatable bonds is 9. The first-order valence-corrected chi connectivity index (χ1v) is 10.7. The van der Waals surface area contributed by atoms with Crippen molar-refractivity contribution in [3.8, 4) is 23.0 Å². The van der Waals surface area contributed by atoms with Gasteiger partial charge in [-0.3, -0.25) is 4.79 Å². The summed E-state index contributed by atoms with van der Waals surface area (Å²) in [5, 5.41) is 6.97. The lowest BCUT2D eigenvalue weighted by molar-refractivity contribution is -0.111. The van der Waals surface area contributed by atoms with Crippen molar-refractivity contribution in [3.05, 3.63) is 59.4 Å². The highest BCUT2D eigenvalue weighted by Crippen LogP contribution is 2.31.